The van der Waals surface area contributed by atoms with Gasteiger partial charge < -0.3 is 55.3 Å². The van der Waals surface area contributed by atoms with Crippen LogP contribution in [0.5, 0.6) is 0 Å². The minimum Gasteiger partial charge on any atom is -0.394 e. The summed E-state index contributed by atoms with van der Waals surface area (Å²) >= 11 is 0. The monoisotopic (exact) mass is 481 g/mol. The maximum Gasteiger partial charge on any atom is 0.189 e. The first kappa shape index (κ1) is 28.8. The summed E-state index contributed by atoms with van der Waals surface area (Å²) in [6, 6.07) is -0.732. The highest BCUT2D eigenvalue weighted by Gasteiger charge is 2.49. The van der Waals surface area contributed by atoms with Gasteiger partial charge in [-0.1, -0.05) is 51.9 Å². The number of rotatable bonds is 14. The van der Waals surface area contributed by atoms with E-state index in [9.17, 15) is 35.7 Å². The summed E-state index contributed by atoms with van der Waals surface area (Å²) < 4.78 is 16.3. The van der Waals surface area contributed by atoms with Crippen molar-refractivity contribution in [2.45, 2.75) is 120 Å². The van der Waals surface area contributed by atoms with Crippen LogP contribution in [0.25, 0.3) is 0 Å². The Bertz CT molecular complexity index is 525. The van der Waals surface area contributed by atoms with Crippen molar-refractivity contribution in [3.8, 4) is 0 Å². The number of nitrogens with one attached hydrogen (secondary N) is 1. The Hall–Kier alpha value is -0.440. The van der Waals surface area contributed by atoms with Gasteiger partial charge in [-0.2, -0.15) is 0 Å². The van der Waals surface area contributed by atoms with E-state index in [1.54, 1.807) is 0 Å². The summed E-state index contributed by atoms with van der Waals surface area (Å²) in [4.78, 5) is 0. The molecule has 33 heavy (non-hydrogen) atoms. The fourth-order valence-electron chi connectivity index (χ4n) is 4.29. The van der Waals surface area contributed by atoms with E-state index in [-0.39, 0.29) is 0 Å². The Morgan fingerprint density at radius 3 is 1.73 bits per heavy atom. The van der Waals surface area contributed by atoms with E-state index >= 15 is 0 Å². The molecule has 0 aromatic heterocycles. The normalized spacial score (nSPS) is 39.6. The molecule has 0 aliphatic carbocycles. The molecule has 10 atom stereocenters. The third kappa shape index (κ3) is 8.04. The lowest BCUT2D eigenvalue weighted by atomic mass is 9.95. The van der Waals surface area contributed by atoms with Crippen molar-refractivity contribution in [2.24, 2.45) is 0 Å². The molecule has 2 aliphatic rings. The lowest BCUT2D eigenvalue weighted by Crippen LogP contribution is -2.66. The summed E-state index contributed by atoms with van der Waals surface area (Å²) in [7, 11) is 0. The van der Waals surface area contributed by atoms with Crippen molar-refractivity contribution < 1.29 is 50.0 Å². The topological polar surface area (TPSA) is 181 Å². The number of aliphatic hydroxyl groups excluding tert-OH is 7. The predicted octanol–water partition coefficient (Wildman–Crippen LogP) is -1.66. The molecule has 0 aromatic carbocycles. The van der Waals surface area contributed by atoms with Gasteiger partial charge in [-0.25, -0.2) is 0 Å². The number of unbranched alkanes of at least 4 members (excludes halogenated alkanes) is 7. The van der Waals surface area contributed by atoms with Crippen molar-refractivity contribution in [2.75, 3.05) is 19.8 Å². The molecule has 0 bridgehead atoms. The Kier molecular flexibility index (Phi) is 13.0. The lowest BCUT2D eigenvalue weighted by Gasteiger charge is -2.45. The highest BCUT2D eigenvalue weighted by atomic mass is 16.8. The van der Waals surface area contributed by atoms with Crippen LogP contribution >= 0.6 is 0 Å². The maximum atomic E-state index is 10.6. The number of ether oxygens (including phenoxy) is 3. The fourth-order valence-corrected chi connectivity index (χ4v) is 4.29. The molecular weight excluding hydrogens is 438 g/mol. The molecule has 2 fully saturated rings. The Morgan fingerprint density at radius 2 is 1.15 bits per heavy atom. The maximum absolute atomic E-state index is 10.6. The quantitative estimate of drug-likeness (QED) is 0.133. The van der Waals surface area contributed by atoms with E-state index in [2.05, 4.69) is 12.2 Å². The third-order valence-electron chi connectivity index (χ3n) is 6.41. The van der Waals surface area contributed by atoms with Crippen molar-refractivity contribution in [3.63, 3.8) is 0 Å². The molecule has 2 rings (SSSR count). The third-order valence-corrected chi connectivity index (χ3v) is 6.41. The first-order valence-corrected chi connectivity index (χ1v) is 12.2. The van der Waals surface area contributed by atoms with Crippen LogP contribution in [0.3, 0.4) is 0 Å². The molecule has 8 N–H and O–H groups in total. The van der Waals surface area contributed by atoms with Gasteiger partial charge in [0.2, 0.25) is 0 Å². The molecular formula is C22H43NO10. The number of hydrogen-bond donors (Lipinski definition) is 8. The van der Waals surface area contributed by atoms with Gasteiger partial charge in [0, 0.05) is 0 Å². The Labute approximate surface area is 195 Å². The second-order valence-corrected chi connectivity index (χ2v) is 8.99. The molecule has 11 heteroatoms. The highest BCUT2D eigenvalue weighted by molar-refractivity contribution is 4.95. The Morgan fingerprint density at radius 1 is 0.636 bits per heavy atom. The van der Waals surface area contributed by atoms with Crippen LogP contribution in [-0.4, -0.2) is 117 Å². The van der Waals surface area contributed by atoms with Gasteiger partial charge >= 0.3 is 0 Å². The fraction of sp³-hybridized carbons (Fsp3) is 1.00. The average molecular weight is 482 g/mol. The summed E-state index contributed by atoms with van der Waals surface area (Å²) in [6.45, 7) is 1.69. The van der Waals surface area contributed by atoms with Crippen molar-refractivity contribution in [3.05, 3.63) is 0 Å². The summed E-state index contributed by atoms with van der Waals surface area (Å²) in [5, 5.41) is 73.2. The van der Waals surface area contributed by atoms with E-state index in [1.165, 1.54) is 32.1 Å². The number of aliphatic hydroxyl groups is 7. The molecule has 2 aliphatic heterocycles. The van der Waals surface area contributed by atoms with E-state index in [4.69, 9.17) is 14.2 Å². The van der Waals surface area contributed by atoms with Crippen molar-refractivity contribution in [1.29, 1.82) is 0 Å². The first-order chi connectivity index (χ1) is 15.8. The largest absolute Gasteiger partial charge is 0.394 e. The molecule has 196 valence electrons. The van der Waals surface area contributed by atoms with E-state index in [0.29, 0.717) is 6.54 Å². The highest BCUT2D eigenvalue weighted by Crippen LogP contribution is 2.28. The standard InChI is InChI=1S/C22H43NO10/c1-2-3-4-5-6-7-8-9-10-23-15-13(11-24)31-21(19(29)17(15)27)33-22-20(30)18(28)16(26)14(12-25)32-22/h13-30H,2-12H2,1H3/t13?,14-,15-,16-,17+,18?,19?,20?,21-,22-/m1/s1. The van der Waals surface area contributed by atoms with Crippen LogP contribution in [-0.2, 0) is 14.2 Å². The van der Waals surface area contributed by atoms with Crippen LogP contribution in [0.2, 0.25) is 0 Å². The van der Waals surface area contributed by atoms with Gasteiger partial charge in [0.15, 0.2) is 12.6 Å². The van der Waals surface area contributed by atoms with Crippen LogP contribution in [0, 0.1) is 0 Å². The van der Waals surface area contributed by atoms with Crippen molar-refractivity contribution in [1.82, 2.24) is 5.32 Å². The first-order valence-electron chi connectivity index (χ1n) is 12.2. The van der Waals surface area contributed by atoms with Gasteiger partial charge in [-0.3, -0.25) is 0 Å². The van der Waals surface area contributed by atoms with Crippen LogP contribution in [0.15, 0.2) is 0 Å². The number of hydrogen-bond acceptors (Lipinski definition) is 11. The van der Waals surface area contributed by atoms with Gasteiger partial charge in [-0.15, -0.1) is 0 Å². The lowest BCUT2D eigenvalue weighted by molar-refractivity contribution is -0.370. The predicted molar refractivity (Wildman–Crippen MR) is 117 cm³/mol. The molecule has 0 amide bonds. The minimum absolute atomic E-state index is 0.451. The SMILES string of the molecule is CCCCCCCCCCN[C@@H]1C(CO)O[C@H](O[C@H]2O[C@H](CO)[C@@H](O)C(O)C2O)C(O)[C@H]1O. The van der Waals surface area contributed by atoms with Crippen molar-refractivity contribution >= 4 is 0 Å². The second-order valence-electron chi connectivity index (χ2n) is 8.99. The zero-order valence-corrected chi connectivity index (χ0v) is 19.4. The van der Waals surface area contributed by atoms with Crippen LogP contribution < -0.4 is 5.32 Å². The summed E-state index contributed by atoms with van der Waals surface area (Å²) in [6.07, 6.45) is -3.58. The average Bonchev–Trinajstić information content (AvgIpc) is 2.82. The zero-order valence-electron chi connectivity index (χ0n) is 19.4. The van der Waals surface area contributed by atoms with Gasteiger partial charge in [0.05, 0.1) is 19.3 Å². The summed E-state index contributed by atoms with van der Waals surface area (Å²) in [5.41, 5.74) is 0. The smallest absolute Gasteiger partial charge is 0.189 e. The molecule has 0 saturated carbocycles. The second kappa shape index (κ2) is 14.8. The summed E-state index contributed by atoms with van der Waals surface area (Å²) in [5.74, 6) is 0. The van der Waals surface area contributed by atoms with Crippen LogP contribution in [0.4, 0.5) is 0 Å². The Balaban J connectivity index is 1.82. The van der Waals surface area contributed by atoms with E-state index < -0.39 is 74.6 Å². The molecule has 2 saturated heterocycles. The molecule has 0 spiro atoms. The van der Waals surface area contributed by atoms with Gasteiger partial charge in [0.1, 0.15) is 42.7 Å². The van der Waals surface area contributed by atoms with Gasteiger partial charge in [0.25, 0.3) is 0 Å². The molecule has 0 aromatic rings. The van der Waals surface area contributed by atoms with Gasteiger partial charge in [-0.05, 0) is 13.0 Å². The molecule has 2 heterocycles. The molecule has 4 unspecified atom stereocenters. The van der Waals surface area contributed by atoms with E-state index in [1.807, 2.05) is 0 Å². The van der Waals surface area contributed by atoms with Crippen LogP contribution in [0.1, 0.15) is 58.3 Å². The minimum atomic E-state index is -1.68. The molecule has 0 radical (unpaired) electrons. The molecule has 11 nitrogen and oxygen atoms in total. The zero-order chi connectivity index (χ0) is 24.4. The van der Waals surface area contributed by atoms with E-state index in [0.717, 1.165) is 19.3 Å².